The van der Waals surface area contributed by atoms with Gasteiger partial charge in [0.2, 0.25) is 0 Å². The smallest absolute Gasteiger partial charge is 0.115 e. The van der Waals surface area contributed by atoms with Crippen molar-refractivity contribution >= 4 is 0 Å². The molecule has 1 fully saturated rings. The summed E-state index contributed by atoms with van der Waals surface area (Å²) in [5.74, 6) is 0. The van der Waals surface area contributed by atoms with Gasteiger partial charge in [0.05, 0.1) is 0 Å². The van der Waals surface area contributed by atoms with Gasteiger partial charge in [0, 0.05) is 50.7 Å². The third-order valence-corrected chi connectivity index (χ3v) is 2.62. The molecule has 2 heterocycles. The normalized spacial score (nSPS) is 19.3. The number of nitrogens with one attached hydrogen (secondary N) is 1. The van der Waals surface area contributed by atoms with Crippen LogP contribution in [0.4, 0.5) is 0 Å². The van der Waals surface area contributed by atoms with Gasteiger partial charge in [-0.2, -0.15) is 0 Å². The summed E-state index contributed by atoms with van der Waals surface area (Å²) < 4.78 is 0. The zero-order valence-corrected chi connectivity index (χ0v) is 9.06. The van der Waals surface area contributed by atoms with E-state index in [4.69, 9.17) is 0 Å². The highest BCUT2D eigenvalue weighted by Gasteiger charge is 2.12. The fraction of sp³-hybridized carbons (Fsp3) is 0.600. The van der Waals surface area contributed by atoms with Crippen molar-refractivity contribution in [1.82, 2.24) is 25.3 Å². The first-order chi connectivity index (χ1) is 7.34. The van der Waals surface area contributed by atoms with Crippen LogP contribution in [-0.2, 0) is 6.54 Å². The summed E-state index contributed by atoms with van der Waals surface area (Å²) in [6.45, 7) is 5.20. The topological polar surface area (TPSA) is 44.3 Å². The van der Waals surface area contributed by atoms with Crippen LogP contribution in [0.15, 0.2) is 18.7 Å². The standard InChI is InChI=1S/C10H17N5/c1-14-2-4-15(5-3-14)13-8-10-6-11-9-12-7-10/h6-7,9,13H,2-5,8H2,1H3. The molecule has 0 unspecified atom stereocenters. The molecule has 0 saturated carbocycles. The monoisotopic (exact) mass is 207 g/mol. The van der Waals surface area contributed by atoms with Crippen LogP contribution >= 0.6 is 0 Å². The maximum absolute atomic E-state index is 3.98. The molecule has 0 spiro atoms. The summed E-state index contributed by atoms with van der Waals surface area (Å²) in [6.07, 6.45) is 5.24. The molecule has 0 amide bonds. The Kier molecular flexibility index (Phi) is 3.60. The van der Waals surface area contributed by atoms with E-state index >= 15 is 0 Å². The molecular weight excluding hydrogens is 190 g/mol. The van der Waals surface area contributed by atoms with Crippen LogP contribution in [-0.4, -0.2) is 53.1 Å². The maximum atomic E-state index is 3.98. The summed E-state index contributed by atoms with van der Waals surface area (Å²) in [7, 11) is 2.16. The van der Waals surface area contributed by atoms with Crippen LogP contribution in [0.1, 0.15) is 5.56 Å². The Morgan fingerprint density at radius 3 is 2.53 bits per heavy atom. The van der Waals surface area contributed by atoms with Crippen molar-refractivity contribution in [2.24, 2.45) is 0 Å². The Hall–Kier alpha value is -1.04. The molecular formula is C10H17N5. The Morgan fingerprint density at radius 1 is 1.20 bits per heavy atom. The fourth-order valence-corrected chi connectivity index (χ4v) is 1.59. The van der Waals surface area contributed by atoms with Crippen molar-refractivity contribution in [2.45, 2.75) is 6.54 Å². The van der Waals surface area contributed by atoms with E-state index in [1.807, 2.05) is 12.4 Å². The lowest BCUT2D eigenvalue weighted by Gasteiger charge is -2.32. The lowest BCUT2D eigenvalue weighted by atomic mass is 10.3. The van der Waals surface area contributed by atoms with E-state index in [1.165, 1.54) is 0 Å². The summed E-state index contributed by atoms with van der Waals surface area (Å²) in [6, 6.07) is 0. The van der Waals surface area contributed by atoms with E-state index in [-0.39, 0.29) is 0 Å². The van der Waals surface area contributed by atoms with E-state index in [2.05, 4.69) is 32.4 Å². The third-order valence-electron chi connectivity index (χ3n) is 2.62. The highest BCUT2D eigenvalue weighted by Crippen LogP contribution is 1.98. The van der Waals surface area contributed by atoms with Crippen LogP contribution in [0.2, 0.25) is 0 Å². The van der Waals surface area contributed by atoms with Crippen LogP contribution in [0.3, 0.4) is 0 Å². The quantitative estimate of drug-likeness (QED) is 0.739. The van der Waals surface area contributed by atoms with Crippen LogP contribution in [0, 0.1) is 0 Å². The van der Waals surface area contributed by atoms with Gasteiger partial charge in [-0.3, -0.25) is 5.43 Å². The number of nitrogens with zero attached hydrogens (tertiary/aromatic N) is 4. The van der Waals surface area contributed by atoms with Gasteiger partial charge in [-0.05, 0) is 7.05 Å². The SMILES string of the molecule is CN1CCN(NCc2cncnc2)CC1. The third kappa shape index (κ3) is 3.23. The van der Waals surface area contributed by atoms with Crippen LogP contribution < -0.4 is 5.43 Å². The van der Waals surface area contributed by atoms with Crippen molar-refractivity contribution < 1.29 is 0 Å². The summed E-state index contributed by atoms with van der Waals surface area (Å²) in [5.41, 5.74) is 4.51. The van der Waals surface area contributed by atoms with Gasteiger partial charge in [0.25, 0.3) is 0 Å². The molecule has 15 heavy (non-hydrogen) atoms. The van der Waals surface area contributed by atoms with E-state index in [9.17, 15) is 0 Å². The highest BCUT2D eigenvalue weighted by atomic mass is 15.5. The maximum Gasteiger partial charge on any atom is 0.115 e. The summed E-state index contributed by atoms with van der Waals surface area (Å²) >= 11 is 0. The predicted molar refractivity (Wildman–Crippen MR) is 57.9 cm³/mol. The Balaban J connectivity index is 1.74. The zero-order valence-electron chi connectivity index (χ0n) is 9.06. The van der Waals surface area contributed by atoms with Crippen molar-refractivity contribution in [3.8, 4) is 0 Å². The molecule has 82 valence electrons. The molecule has 1 aromatic heterocycles. The van der Waals surface area contributed by atoms with Gasteiger partial charge in [0.1, 0.15) is 6.33 Å². The second-order valence-corrected chi connectivity index (χ2v) is 3.87. The van der Waals surface area contributed by atoms with Gasteiger partial charge >= 0.3 is 0 Å². The van der Waals surface area contributed by atoms with Crippen LogP contribution in [0.5, 0.6) is 0 Å². The molecule has 5 nitrogen and oxygen atoms in total. The summed E-state index contributed by atoms with van der Waals surface area (Å²) in [5, 5.41) is 2.26. The Bertz CT molecular complexity index is 281. The minimum Gasteiger partial charge on any atom is -0.304 e. The van der Waals surface area contributed by atoms with Gasteiger partial charge < -0.3 is 4.90 Å². The van der Waals surface area contributed by atoms with Gasteiger partial charge in [-0.25, -0.2) is 15.0 Å². The lowest BCUT2D eigenvalue weighted by molar-refractivity contribution is 0.102. The van der Waals surface area contributed by atoms with Gasteiger partial charge in [0.15, 0.2) is 0 Å². The summed E-state index contributed by atoms with van der Waals surface area (Å²) in [4.78, 5) is 10.3. The molecule has 1 aliphatic rings. The molecule has 5 heteroatoms. The van der Waals surface area contributed by atoms with E-state index < -0.39 is 0 Å². The molecule has 2 rings (SSSR count). The average molecular weight is 207 g/mol. The first-order valence-electron chi connectivity index (χ1n) is 5.25. The van der Waals surface area contributed by atoms with Gasteiger partial charge in [-0.15, -0.1) is 0 Å². The van der Waals surface area contributed by atoms with Crippen molar-refractivity contribution in [3.05, 3.63) is 24.3 Å². The predicted octanol–water partition coefficient (Wildman–Crippen LogP) is -0.271. The minimum atomic E-state index is 0.810. The van der Waals surface area contributed by atoms with E-state index in [0.29, 0.717) is 0 Å². The highest BCUT2D eigenvalue weighted by molar-refractivity contribution is 5.01. The Labute approximate surface area is 90.1 Å². The fourth-order valence-electron chi connectivity index (χ4n) is 1.59. The van der Waals surface area contributed by atoms with Crippen molar-refractivity contribution in [3.63, 3.8) is 0 Å². The number of aromatic nitrogens is 2. The molecule has 1 saturated heterocycles. The second kappa shape index (κ2) is 5.16. The van der Waals surface area contributed by atoms with Crippen molar-refractivity contribution in [2.75, 3.05) is 33.2 Å². The van der Waals surface area contributed by atoms with Crippen LogP contribution in [0.25, 0.3) is 0 Å². The molecule has 1 aromatic rings. The number of hydrazine groups is 1. The van der Waals surface area contributed by atoms with E-state index in [1.54, 1.807) is 6.33 Å². The number of piperazine rings is 1. The van der Waals surface area contributed by atoms with E-state index in [0.717, 1.165) is 38.3 Å². The molecule has 1 N–H and O–H groups in total. The number of rotatable bonds is 3. The molecule has 0 bridgehead atoms. The Morgan fingerprint density at radius 2 is 1.87 bits per heavy atom. The molecule has 0 atom stereocenters. The largest absolute Gasteiger partial charge is 0.304 e. The number of hydrogen-bond donors (Lipinski definition) is 1. The average Bonchev–Trinajstić information content (AvgIpc) is 2.30. The first kappa shape index (κ1) is 10.5. The molecule has 0 radical (unpaired) electrons. The number of likely N-dealkylation sites (N-methyl/N-ethyl adjacent to an activating group) is 1. The first-order valence-corrected chi connectivity index (χ1v) is 5.25. The molecule has 1 aliphatic heterocycles. The van der Waals surface area contributed by atoms with Crippen molar-refractivity contribution in [1.29, 1.82) is 0 Å². The molecule has 0 aliphatic carbocycles. The number of hydrogen-bond acceptors (Lipinski definition) is 5. The zero-order chi connectivity index (χ0) is 10.5. The minimum absolute atomic E-state index is 0.810. The molecule has 0 aromatic carbocycles. The second-order valence-electron chi connectivity index (χ2n) is 3.87. The van der Waals surface area contributed by atoms with Gasteiger partial charge in [-0.1, -0.05) is 0 Å². The lowest BCUT2D eigenvalue weighted by Crippen LogP contribution is -2.50.